The van der Waals surface area contributed by atoms with Crippen molar-refractivity contribution in [2.24, 2.45) is 5.92 Å². The number of aliphatic hydroxyl groups is 1. The summed E-state index contributed by atoms with van der Waals surface area (Å²) in [6.07, 6.45) is 2.45. The number of hydrogen-bond donors (Lipinski definition) is 3. The molecule has 0 fully saturated rings. The first-order chi connectivity index (χ1) is 20.1. The smallest absolute Gasteiger partial charge is 0.319 e. The molecule has 0 aromatic heterocycles. The van der Waals surface area contributed by atoms with Crippen LogP contribution in [0.25, 0.3) is 0 Å². The molecule has 3 N–H and O–H groups in total. The quantitative estimate of drug-likeness (QED) is 0.398. The Balaban J connectivity index is 1.90. The van der Waals surface area contributed by atoms with Gasteiger partial charge < -0.3 is 30.1 Å². The third kappa shape index (κ3) is 10.3. The fourth-order valence-electron chi connectivity index (χ4n) is 5.16. The number of rotatable bonds is 8. The first kappa shape index (κ1) is 33.4. The largest absolute Gasteiger partial charge is 0.490 e. The molecule has 0 unspecified atom stereocenters. The van der Waals surface area contributed by atoms with E-state index in [4.69, 9.17) is 9.47 Å². The van der Waals surface area contributed by atoms with Crippen molar-refractivity contribution in [1.29, 1.82) is 0 Å². The van der Waals surface area contributed by atoms with Gasteiger partial charge in [0.2, 0.25) is 0 Å². The maximum Gasteiger partial charge on any atom is 0.319 e. The molecule has 9 heteroatoms. The summed E-state index contributed by atoms with van der Waals surface area (Å²) in [4.78, 5) is 30.6. The molecule has 9 nitrogen and oxygen atoms in total. The minimum absolute atomic E-state index is 0.00877. The number of carbonyl (C=O) groups is 2. The van der Waals surface area contributed by atoms with Crippen molar-refractivity contribution in [3.8, 4) is 5.75 Å². The third-order valence-electron chi connectivity index (χ3n) is 7.52. The van der Waals surface area contributed by atoms with Gasteiger partial charge in [-0.15, -0.1) is 0 Å². The van der Waals surface area contributed by atoms with Crippen LogP contribution in [-0.2, 0) is 11.3 Å². The molecule has 232 valence electrons. The van der Waals surface area contributed by atoms with Crippen molar-refractivity contribution >= 4 is 17.6 Å². The molecular formula is C33H50N4O5. The summed E-state index contributed by atoms with van der Waals surface area (Å²) in [5, 5.41) is 15.8. The third-order valence-corrected chi connectivity index (χ3v) is 7.52. The summed E-state index contributed by atoms with van der Waals surface area (Å²) < 4.78 is 12.7. The first-order valence-corrected chi connectivity index (χ1v) is 15.2. The van der Waals surface area contributed by atoms with E-state index in [1.807, 2.05) is 45.9 Å². The monoisotopic (exact) mass is 582 g/mol. The van der Waals surface area contributed by atoms with Crippen LogP contribution in [0.4, 0.5) is 10.5 Å². The highest BCUT2D eigenvalue weighted by atomic mass is 16.5. The zero-order valence-corrected chi connectivity index (χ0v) is 26.1. The number of benzene rings is 2. The lowest BCUT2D eigenvalue weighted by atomic mass is 10.0. The summed E-state index contributed by atoms with van der Waals surface area (Å²) in [5.41, 5.74) is 2.08. The Hall–Kier alpha value is -3.14. The number of urea groups is 1. The van der Waals surface area contributed by atoms with Crippen LogP contribution in [0.1, 0.15) is 69.8 Å². The first-order valence-electron chi connectivity index (χ1n) is 15.2. The number of nitrogens with zero attached hydrogens (tertiary/aromatic N) is 2. The van der Waals surface area contributed by atoms with Crippen molar-refractivity contribution in [2.75, 3.05) is 38.7 Å². The van der Waals surface area contributed by atoms with Gasteiger partial charge in [-0.3, -0.25) is 9.69 Å². The Labute approximate surface area is 251 Å². The van der Waals surface area contributed by atoms with Gasteiger partial charge in [-0.05, 0) is 77.8 Å². The molecule has 1 aliphatic rings. The zero-order chi connectivity index (χ0) is 30.6. The summed E-state index contributed by atoms with van der Waals surface area (Å²) >= 11 is 0. The molecule has 4 atom stereocenters. The topological polar surface area (TPSA) is 103 Å². The second-order valence-corrected chi connectivity index (χ2v) is 11.9. The molecule has 3 rings (SSSR count). The van der Waals surface area contributed by atoms with Gasteiger partial charge in [-0.1, -0.05) is 37.3 Å². The fourth-order valence-corrected chi connectivity index (χ4v) is 5.16. The van der Waals surface area contributed by atoms with Crippen molar-refractivity contribution in [1.82, 2.24) is 15.1 Å². The molecule has 2 aromatic rings. The summed E-state index contributed by atoms with van der Waals surface area (Å²) in [7, 11) is 2.09. The molecule has 0 bridgehead atoms. The minimum Gasteiger partial charge on any atom is -0.490 e. The molecule has 2 aromatic carbocycles. The van der Waals surface area contributed by atoms with Crippen LogP contribution in [0.5, 0.6) is 5.75 Å². The SMILES string of the molecule is CC(C)NC(=O)Nc1ccc2c(c1)C(=O)N([C@@H](C)CO)C[C@@H](C)[C@H](CN(C)Cc1ccccc1)OCCCC[C@@H](C)O2. The molecule has 0 aliphatic carbocycles. The van der Waals surface area contributed by atoms with Crippen LogP contribution >= 0.6 is 0 Å². The average molecular weight is 583 g/mol. The summed E-state index contributed by atoms with van der Waals surface area (Å²) in [6, 6.07) is 14.7. The standard InChI is InChI=1S/C33H50N4O5/c1-23(2)34-33(40)35-28-15-16-30-29(18-28)32(39)37(25(4)22-38)19-24(3)31(41-17-11-10-12-26(5)42-30)21-36(6)20-27-13-8-7-9-14-27/h7-9,13-16,18,23-26,31,38H,10-12,17,19-22H2,1-6H3,(H2,34,35,40)/t24-,25+,26-,31+/m1/s1. The van der Waals surface area contributed by atoms with Gasteiger partial charge >= 0.3 is 6.03 Å². The predicted molar refractivity (Wildman–Crippen MR) is 167 cm³/mol. The number of aliphatic hydroxyl groups excluding tert-OH is 1. The van der Waals surface area contributed by atoms with E-state index < -0.39 is 6.04 Å². The lowest BCUT2D eigenvalue weighted by Gasteiger charge is -2.36. The highest BCUT2D eigenvalue weighted by Crippen LogP contribution is 2.28. The lowest BCUT2D eigenvalue weighted by molar-refractivity contribution is -0.0177. The summed E-state index contributed by atoms with van der Waals surface area (Å²) in [5.74, 6) is 0.204. The van der Waals surface area contributed by atoms with E-state index in [1.165, 1.54) is 5.56 Å². The van der Waals surface area contributed by atoms with Crippen LogP contribution in [0.15, 0.2) is 48.5 Å². The van der Waals surface area contributed by atoms with Crippen LogP contribution in [0.3, 0.4) is 0 Å². The number of carbonyl (C=O) groups excluding carboxylic acids is 2. The average Bonchev–Trinajstić information content (AvgIpc) is 2.94. The number of hydrogen-bond acceptors (Lipinski definition) is 6. The Bertz CT molecular complexity index is 1130. The van der Waals surface area contributed by atoms with Gasteiger partial charge in [0.15, 0.2) is 0 Å². The fraction of sp³-hybridized carbons (Fsp3) is 0.576. The number of amides is 3. The molecule has 1 aliphatic heterocycles. The highest BCUT2D eigenvalue weighted by molar-refractivity contribution is 5.99. The molecular weight excluding hydrogens is 532 g/mol. The van der Waals surface area contributed by atoms with E-state index in [9.17, 15) is 14.7 Å². The molecule has 0 spiro atoms. The molecule has 1 heterocycles. The number of likely N-dealkylation sites (N-methyl/N-ethyl adjacent to an activating group) is 1. The summed E-state index contributed by atoms with van der Waals surface area (Å²) in [6.45, 7) is 12.1. The van der Waals surface area contributed by atoms with Gasteiger partial charge in [-0.2, -0.15) is 0 Å². The van der Waals surface area contributed by atoms with Crippen LogP contribution in [0.2, 0.25) is 0 Å². The van der Waals surface area contributed by atoms with Crippen molar-refractivity contribution in [2.45, 2.75) is 84.7 Å². The Kier molecular flexibility index (Phi) is 13.1. The van der Waals surface area contributed by atoms with E-state index in [1.54, 1.807) is 23.1 Å². The Morgan fingerprint density at radius 3 is 2.55 bits per heavy atom. The van der Waals surface area contributed by atoms with Gasteiger partial charge in [0.1, 0.15) is 5.75 Å². The van der Waals surface area contributed by atoms with Crippen molar-refractivity contribution in [3.05, 3.63) is 59.7 Å². The molecule has 0 saturated heterocycles. The molecule has 0 saturated carbocycles. The van der Waals surface area contributed by atoms with Gasteiger partial charge in [0.25, 0.3) is 5.91 Å². The minimum atomic E-state index is -0.429. The van der Waals surface area contributed by atoms with Gasteiger partial charge in [-0.25, -0.2) is 4.79 Å². The van der Waals surface area contributed by atoms with Crippen LogP contribution < -0.4 is 15.4 Å². The number of ether oxygens (including phenoxy) is 2. The van der Waals surface area contributed by atoms with E-state index in [-0.39, 0.29) is 42.7 Å². The van der Waals surface area contributed by atoms with Crippen molar-refractivity contribution < 1.29 is 24.2 Å². The number of fused-ring (bicyclic) bond motifs is 1. The van der Waals surface area contributed by atoms with Crippen molar-refractivity contribution in [3.63, 3.8) is 0 Å². The molecule has 3 amide bonds. The van der Waals surface area contributed by atoms with E-state index in [0.717, 1.165) is 25.8 Å². The Morgan fingerprint density at radius 2 is 1.86 bits per heavy atom. The van der Waals surface area contributed by atoms with Gasteiger partial charge in [0, 0.05) is 43.9 Å². The van der Waals surface area contributed by atoms with Crippen LogP contribution in [-0.4, -0.2) is 84.5 Å². The van der Waals surface area contributed by atoms with E-state index in [0.29, 0.717) is 36.7 Å². The maximum absolute atomic E-state index is 14.2. The zero-order valence-electron chi connectivity index (χ0n) is 26.1. The Morgan fingerprint density at radius 1 is 1.12 bits per heavy atom. The maximum atomic E-state index is 14.2. The normalized spacial score (nSPS) is 21.3. The highest BCUT2D eigenvalue weighted by Gasteiger charge is 2.30. The predicted octanol–water partition coefficient (Wildman–Crippen LogP) is 5.14. The van der Waals surface area contributed by atoms with Crippen LogP contribution in [0, 0.1) is 5.92 Å². The lowest BCUT2D eigenvalue weighted by Crippen LogP contribution is -2.47. The van der Waals surface area contributed by atoms with Gasteiger partial charge in [0.05, 0.1) is 30.4 Å². The molecule has 42 heavy (non-hydrogen) atoms. The second-order valence-electron chi connectivity index (χ2n) is 11.9. The number of nitrogens with one attached hydrogen (secondary N) is 2. The molecule has 0 radical (unpaired) electrons. The number of anilines is 1. The van der Waals surface area contributed by atoms with E-state index >= 15 is 0 Å². The second kappa shape index (κ2) is 16.5. The van der Waals surface area contributed by atoms with E-state index in [2.05, 4.69) is 41.6 Å².